The number of benzene rings is 1. The molecule has 0 bridgehead atoms. The Hall–Kier alpha value is -3.73. The Morgan fingerprint density at radius 2 is 1.87 bits per heavy atom. The number of rotatable bonds is 7. The maximum absolute atomic E-state index is 14.2. The zero-order chi connectivity index (χ0) is 26.2. The normalized spacial score (nSPS) is 23.6. The molecule has 1 N–H and O–H groups in total. The van der Waals surface area contributed by atoms with Gasteiger partial charge in [-0.1, -0.05) is 5.16 Å². The molecule has 1 aromatic carbocycles. The van der Waals surface area contributed by atoms with Crippen molar-refractivity contribution in [2.75, 3.05) is 26.2 Å². The van der Waals surface area contributed by atoms with E-state index in [0.717, 1.165) is 31.6 Å². The van der Waals surface area contributed by atoms with Gasteiger partial charge in [0.15, 0.2) is 17.3 Å². The number of carbonyl (C=O) groups excluding carboxylic acids is 2. The molecule has 1 saturated carbocycles. The van der Waals surface area contributed by atoms with Crippen molar-refractivity contribution in [3.63, 3.8) is 0 Å². The zero-order valence-corrected chi connectivity index (χ0v) is 20.7. The highest BCUT2D eigenvalue weighted by molar-refractivity contribution is 5.94. The molecule has 0 unspecified atom stereocenters. The van der Waals surface area contributed by atoms with Crippen LogP contribution in [-0.2, 0) is 4.79 Å². The molecule has 0 radical (unpaired) electrons. The van der Waals surface area contributed by atoms with Crippen molar-refractivity contribution in [2.24, 2.45) is 11.8 Å². The molecule has 3 fully saturated rings. The Balaban J connectivity index is 1.18. The highest BCUT2D eigenvalue weighted by Crippen LogP contribution is 2.35. The van der Waals surface area contributed by atoms with Crippen LogP contribution in [0.3, 0.4) is 0 Å². The molecule has 11 heteroatoms. The van der Waals surface area contributed by atoms with Gasteiger partial charge in [-0.25, -0.2) is 18.7 Å². The summed E-state index contributed by atoms with van der Waals surface area (Å²) in [5.74, 6) is -1.15. The lowest BCUT2D eigenvalue weighted by Crippen LogP contribution is -2.59. The third kappa shape index (κ3) is 5.02. The van der Waals surface area contributed by atoms with E-state index in [2.05, 4.69) is 25.3 Å². The van der Waals surface area contributed by atoms with E-state index in [9.17, 15) is 18.4 Å². The number of aromatic nitrogens is 3. The van der Waals surface area contributed by atoms with E-state index >= 15 is 0 Å². The quantitative estimate of drug-likeness (QED) is 0.508. The molecular formula is C27H28F2N6O3. The topological polar surface area (TPSA) is 104 Å². The summed E-state index contributed by atoms with van der Waals surface area (Å²) in [6.45, 7) is 2.92. The summed E-state index contributed by atoms with van der Waals surface area (Å²) in [6.07, 6.45) is 7.21. The van der Waals surface area contributed by atoms with Crippen LogP contribution in [0, 0.1) is 23.5 Å². The van der Waals surface area contributed by atoms with Crippen LogP contribution in [-0.4, -0.2) is 69.0 Å². The van der Waals surface area contributed by atoms with Gasteiger partial charge in [-0.15, -0.1) is 0 Å². The van der Waals surface area contributed by atoms with Gasteiger partial charge in [0.05, 0.1) is 17.5 Å². The Morgan fingerprint density at radius 3 is 2.58 bits per heavy atom. The summed E-state index contributed by atoms with van der Waals surface area (Å²) in [4.78, 5) is 39.7. The van der Waals surface area contributed by atoms with E-state index in [1.165, 1.54) is 25.0 Å². The van der Waals surface area contributed by atoms with Crippen LogP contribution >= 0.6 is 0 Å². The van der Waals surface area contributed by atoms with Crippen LogP contribution in [0.2, 0.25) is 0 Å². The summed E-state index contributed by atoms with van der Waals surface area (Å²) in [7, 11) is 0. The van der Waals surface area contributed by atoms with Gasteiger partial charge < -0.3 is 19.6 Å². The van der Waals surface area contributed by atoms with Crippen molar-refractivity contribution in [2.45, 2.75) is 37.8 Å². The molecule has 2 aliphatic heterocycles. The minimum atomic E-state index is -0.812. The minimum absolute atomic E-state index is 0.00587. The van der Waals surface area contributed by atoms with Crippen LogP contribution in [0.5, 0.6) is 0 Å². The number of hydrogen-bond donors (Lipinski definition) is 1. The van der Waals surface area contributed by atoms with Crippen LogP contribution in [0.15, 0.2) is 47.2 Å². The second kappa shape index (κ2) is 10.2. The SMILES string of the molecule is O=C(N[C@@H]1CCN(CC2CC2)C[C@H]1C(=O)N1CC[C@@H]1c1ncccn1)c1cc(-c2ccc(F)cc2F)on1. The van der Waals surface area contributed by atoms with Gasteiger partial charge in [0.2, 0.25) is 5.91 Å². The van der Waals surface area contributed by atoms with Crippen LogP contribution in [0.1, 0.15) is 48.0 Å². The molecule has 9 nitrogen and oxygen atoms in total. The maximum Gasteiger partial charge on any atom is 0.273 e. The first-order valence-electron chi connectivity index (χ1n) is 13.0. The molecule has 38 heavy (non-hydrogen) atoms. The Labute approximate surface area is 218 Å². The highest BCUT2D eigenvalue weighted by atomic mass is 19.1. The average Bonchev–Trinajstić information content (AvgIpc) is 3.56. The minimum Gasteiger partial charge on any atom is -0.355 e. The molecule has 2 aromatic heterocycles. The van der Waals surface area contributed by atoms with Gasteiger partial charge in [0.25, 0.3) is 5.91 Å². The lowest BCUT2D eigenvalue weighted by atomic mass is 9.88. The van der Waals surface area contributed by atoms with Crippen molar-refractivity contribution >= 4 is 11.8 Å². The predicted molar refractivity (Wildman–Crippen MR) is 131 cm³/mol. The number of likely N-dealkylation sites (tertiary alicyclic amines) is 2. The summed E-state index contributed by atoms with van der Waals surface area (Å²) in [5.41, 5.74) is -0.0267. The summed E-state index contributed by atoms with van der Waals surface area (Å²) >= 11 is 0. The van der Waals surface area contributed by atoms with Gasteiger partial charge in [0, 0.05) is 56.7 Å². The van der Waals surface area contributed by atoms with Crippen LogP contribution < -0.4 is 5.32 Å². The molecule has 198 valence electrons. The van der Waals surface area contributed by atoms with Crippen LogP contribution in [0.25, 0.3) is 11.3 Å². The van der Waals surface area contributed by atoms with E-state index in [-0.39, 0.29) is 29.0 Å². The molecule has 0 spiro atoms. The van der Waals surface area contributed by atoms with Gasteiger partial charge in [0.1, 0.15) is 11.6 Å². The fourth-order valence-electron chi connectivity index (χ4n) is 5.33. The number of nitrogens with zero attached hydrogens (tertiary/aromatic N) is 5. The number of halogens is 2. The smallest absolute Gasteiger partial charge is 0.273 e. The van der Waals surface area contributed by atoms with Crippen molar-refractivity contribution in [1.29, 1.82) is 0 Å². The van der Waals surface area contributed by atoms with Crippen molar-refractivity contribution in [3.8, 4) is 11.3 Å². The summed E-state index contributed by atoms with van der Waals surface area (Å²) < 4.78 is 32.6. The highest BCUT2D eigenvalue weighted by Gasteiger charge is 2.44. The average molecular weight is 523 g/mol. The molecule has 3 aromatic rings. The fraction of sp³-hybridized carbons (Fsp3) is 0.444. The first kappa shape index (κ1) is 24.6. The standard InChI is InChI=1S/C27H28F2N6O3/c28-17-4-5-18(20(29)12-17)24-13-22(33-38-24)26(36)32-21-6-10-34(14-16-2-3-16)15-19(21)27(37)35-11-7-23(35)25-30-8-1-9-31-25/h1,4-5,8-9,12-13,16,19,21,23H,2-3,6-7,10-11,14-15H2,(H,32,36)/t19-,21-,23-/m1/s1. The third-order valence-corrected chi connectivity index (χ3v) is 7.67. The Bertz CT molecular complexity index is 1330. The Kier molecular flexibility index (Phi) is 6.61. The Morgan fingerprint density at radius 1 is 1.05 bits per heavy atom. The van der Waals surface area contributed by atoms with Crippen LogP contribution in [0.4, 0.5) is 8.78 Å². The molecule has 1 aliphatic carbocycles. The molecular weight excluding hydrogens is 494 g/mol. The molecule has 2 amide bonds. The second-order valence-electron chi connectivity index (χ2n) is 10.3. The van der Waals surface area contributed by atoms with E-state index in [1.54, 1.807) is 18.5 Å². The lowest BCUT2D eigenvalue weighted by molar-refractivity contribution is -0.147. The van der Waals surface area contributed by atoms with Crippen molar-refractivity contribution < 1.29 is 22.9 Å². The van der Waals surface area contributed by atoms with Gasteiger partial charge >= 0.3 is 0 Å². The third-order valence-electron chi connectivity index (χ3n) is 7.67. The number of amides is 2. The summed E-state index contributed by atoms with van der Waals surface area (Å²) in [5, 5.41) is 6.78. The number of carbonyl (C=O) groups is 2. The van der Waals surface area contributed by atoms with Crippen molar-refractivity contribution in [1.82, 2.24) is 30.2 Å². The van der Waals surface area contributed by atoms with Gasteiger partial charge in [-0.2, -0.15) is 0 Å². The van der Waals surface area contributed by atoms with Gasteiger partial charge in [-0.3, -0.25) is 9.59 Å². The first-order chi connectivity index (χ1) is 18.5. The van der Waals surface area contributed by atoms with Gasteiger partial charge in [-0.05, 0) is 49.8 Å². The number of nitrogens with one attached hydrogen (secondary N) is 1. The monoisotopic (exact) mass is 522 g/mol. The predicted octanol–water partition coefficient (Wildman–Crippen LogP) is 3.21. The second-order valence-corrected chi connectivity index (χ2v) is 10.3. The molecule has 6 rings (SSSR count). The maximum atomic E-state index is 14.2. The molecule has 3 atom stereocenters. The molecule has 2 saturated heterocycles. The largest absolute Gasteiger partial charge is 0.355 e. The number of hydrogen-bond acceptors (Lipinski definition) is 7. The summed E-state index contributed by atoms with van der Waals surface area (Å²) in [6, 6.07) is 5.59. The molecule has 4 heterocycles. The molecule has 3 aliphatic rings. The lowest BCUT2D eigenvalue weighted by Gasteiger charge is -2.45. The van der Waals surface area contributed by atoms with Crippen molar-refractivity contribution in [3.05, 3.63) is 65.9 Å². The van der Waals surface area contributed by atoms with E-state index in [0.29, 0.717) is 31.3 Å². The first-order valence-corrected chi connectivity index (χ1v) is 13.0. The fourth-order valence-corrected chi connectivity index (χ4v) is 5.33. The van der Waals surface area contributed by atoms with E-state index in [4.69, 9.17) is 4.52 Å². The zero-order valence-electron chi connectivity index (χ0n) is 20.7. The van der Waals surface area contributed by atoms with E-state index < -0.39 is 29.5 Å². The number of piperidine rings is 1. The van der Waals surface area contributed by atoms with E-state index in [1.807, 2.05) is 4.90 Å².